The van der Waals surface area contributed by atoms with Crippen LogP contribution in [0, 0.1) is 0 Å². The molecule has 0 aromatic heterocycles. The van der Waals surface area contributed by atoms with Gasteiger partial charge in [-0.15, -0.1) is 0 Å². The number of hydrogen-bond acceptors (Lipinski definition) is 1. The van der Waals surface area contributed by atoms with E-state index in [1.54, 1.807) is 0 Å². The Morgan fingerprint density at radius 1 is 0.933 bits per heavy atom. The van der Waals surface area contributed by atoms with Crippen LogP contribution in [0.5, 0.6) is 0 Å². The third-order valence-corrected chi connectivity index (χ3v) is 1.58. The summed E-state index contributed by atoms with van der Waals surface area (Å²) < 4.78 is 87.9. The summed E-state index contributed by atoms with van der Waals surface area (Å²) in [5.74, 6) is 0. The molecule has 0 unspecified atom stereocenters. The highest BCUT2D eigenvalue weighted by molar-refractivity contribution is 4.94. The maximum absolute atomic E-state index is 12.8. The predicted octanol–water partition coefficient (Wildman–Crippen LogP) is 3.37. The Morgan fingerprint density at radius 2 is 1.33 bits per heavy atom. The first-order valence-electron chi connectivity index (χ1n) is 3.61. The molecule has 8 heteroatoms. The second-order valence-corrected chi connectivity index (χ2v) is 2.58. The molecule has 0 aliphatic carbocycles. The second-order valence-electron chi connectivity index (χ2n) is 2.58. The molecule has 0 atom stereocenters. The summed E-state index contributed by atoms with van der Waals surface area (Å²) in [7, 11) is 0. The molecule has 0 fully saturated rings. The third-order valence-electron chi connectivity index (χ3n) is 1.58. The molecule has 0 spiro atoms. The molecule has 0 saturated heterocycles. The summed E-state index contributed by atoms with van der Waals surface area (Å²) in [6, 6.07) is 0. The van der Waals surface area contributed by atoms with Crippen molar-refractivity contribution in [2.75, 3.05) is 6.61 Å². The van der Waals surface area contributed by atoms with Crippen molar-refractivity contribution >= 4 is 0 Å². The van der Waals surface area contributed by atoms with Crippen molar-refractivity contribution in [3.05, 3.63) is 12.8 Å². The van der Waals surface area contributed by atoms with E-state index in [2.05, 4.69) is 11.3 Å². The molecule has 0 radical (unpaired) electrons. The predicted molar refractivity (Wildman–Crippen MR) is 36.7 cm³/mol. The number of rotatable bonds is 4. The van der Waals surface area contributed by atoms with Crippen LogP contribution in [0.25, 0.3) is 0 Å². The Balaban J connectivity index is 4.81. The standard InChI is InChI=1S/C7H7F7O/c1-2-15-4-3-5(8,6(9,10)11)7(12,13)14/h2H,1,3-4H2. The van der Waals surface area contributed by atoms with E-state index in [9.17, 15) is 30.7 Å². The Hall–Kier alpha value is -0.950. The zero-order valence-electron chi connectivity index (χ0n) is 7.25. The molecule has 0 bridgehead atoms. The number of hydrogen-bond donors (Lipinski definition) is 0. The van der Waals surface area contributed by atoms with Crippen molar-refractivity contribution in [3.63, 3.8) is 0 Å². The molecule has 0 saturated carbocycles. The zero-order valence-corrected chi connectivity index (χ0v) is 7.25. The van der Waals surface area contributed by atoms with Crippen LogP contribution in [0.1, 0.15) is 6.42 Å². The molecule has 90 valence electrons. The molecule has 0 aliphatic heterocycles. The summed E-state index contributed by atoms with van der Waals surface area (Å²) in [6.07, 6.45) is -13.3. The van der Waals surface area contributed by atoms with Crippen molar-refractivity contribution < 1.29 is 35.5 Å². The number of halogens is 7. The maximum Gasteiger partial charge on any atom is 0.431 e. The van der Waals surface area contributed by atoms with Gasteiger partial charge in [-0.05, 0) is 0 Å². The van der Waals surface area contributed by atoms with Crippen molar-refractivity contribution in [2.24, 2.45) is 0 Å². The van der Waals surface area contributed by atoms with E-state index in [4.69, 9.17) is 0 Å². The van der Waals surface area contributed by atoms with Gasteiger partial charge in [0, 0.05) is 6.42 Å². The topological polar surface area (TPSA) is 9.23 Å². The lowest BCUT2D eigenvalue weighted by Gasteiger charge is -2.29. The van der Waals surface area contributed by atoms with Crippen LogP contribution in [0.3, 0.4) is 0 Å². The summed E-state index contributed by atoms with van der Waals surface area (Å²) >= 11 is 0. The summed E-state index contributed by atoms with van der Waals surface area (Å²) in [6.45, 7) is 1.84. The van der Waals surface area contributed by atoms with Gasteiger partial charge in [0.05, 0.1) is 12.9 Å². The molecule has 0 aromatic carbocycles. The lowest BCUT2D eigenvalue weighted by atomic mass is 10.0. The third kappa shape index (κ3) is 3.00. The van der Waals surface area contributed by atoms with E-state index < -0.39 is 31.0 Å². The molecule has 0 heterocycles. The van der Waals surface area contributed by atoms with Crippen LogP contribution in [0.2, 0.25) is 0 Å². The molecule has 15 heavy (non-hydrogen) atoms. The Morgan fingerprint density at radius 3 is 1.60 bits per heavy atom. The Kier molecular flexibility index (Phi) is 4.01. The highest BCUT2D eigenvalue weighted by Crippen LogP contribution is 2.48. The van der Waals surface area contributed by atoms with E-state index in [1.165, 1.54) is 0 Å². The molecular formula is C7H7F7O. The van der Waals surface area contributed by atoms with Gasteiger partial charge in [0.1, 0.15) is 0 Å². The minimum absolute atomic E-state index is 0.632. The van der Waals surface area contributed by atoms with Crippen LogP contribution in [0.15, 0.2) is 12.8 Å². The SMILES string of the molecule is C=COCCC(F)(C(F)(F)F)C(F)(F)F. The van der Waals surface area contributed by atoms with Gasteiger partial charge in [0.25, 0.3) is 0 Å². The van der Waals surface area contributed by atoms with Gasteiger partial charge in [0.2, 0.25) is 0 Å². The van der Waals surface area contributed by atoms with Crippen LogP contribution in [0.4, 0.5) is 30.7 Å². The molecule has 0 amide bonds. The molecule has 0 aliphatic rings. The van der Waals surface area contributed by atoms with Crippen LogP contribution < -0.4 is 0 Å². The van der Waals surface area contributed by atoms with E-state index in [1.807, 2.05) is 0 Å². The minimum Gasteiger partial charge on any atom is -0.502 e. The first-order chi connectivity index (χ1) is 6.56. The van der Waals surface area contributed by atoms with Crippen molar-refractivity contribution in [2.45, 2.75) is 24.4 Å². The van der Waals surface area contributed by atoms with Gasteiger partial charge in [-0.25, -0.2) is 4.39 Å². The molecule has 1 nitrogen and oxygen atoms in total. The average Bonchev–Trinajstić information content (AvgIpc) is 2.00. The van der Waals surface area contributed by atoms with Gasteiger partial charge < -0.3 is 4.74 Å². The lowest BCUT2D eigenvalue weighted by molar-refractivity contribution is -0.344. The normalized spacial score (nSPS) is 13.8. The summed E-state index contributed by atoms with van der Waals surface area (Å²) in [5.41, 5.74) is -5.25. The van der Waals surface area contributed by atoms with Crippen LogP contribution in [-0.4, -0.2) is 24.6 Å². The van der Waals surface area contributed by atoms with Gasteiger partial charge in [-0.3, -0.25) is 0 Å². The van der Waals surface area contributed by atoms with Crippen molar-refractivity contribution in [1.82, 2.24) is 0 Å². The van der Waals surface area contributed by atoms with Crippen LogP contribution in [-0.2, 0) is 4.74 Å². The van der Waals surface area contributed by atoms with Crippen molar-refractivity contribution in [1.29, 1.82) is 0 Å². The number of alkyl halides is 7. The van der Waals surface area contributed by atoms with Crippen molar-refractivity contribution in [3.8, 4) is 0 Å². The lowest BCUT2D eigenvalue weighted by Crippen LogP contribution is -2.53. The maximum atomic E-state index is 12.8. The molecule has 0 N–H and O–H groups in total. The Labute approximate surface area is 80.5 Å². The molecular weight excluding hydrogens is 233 g/mol. The molecule has 0 aromatic rings. The fourth-order valence-corrected chi connectivity index (χ4v) is 0.727. The van der Waals surface area contributed by atoms with Crippen LogP contribution >= 0.6 is 0 Å². The fourth-order valence-electron chi connectivity index (χ4n) is 0.727. The van der Waals surface area contributed by atoms with Gasteiger partial charge >= 0.3 is 18.0 Å². The van der Waals surface area contributed by atoms with E-state index in [0.717, 1.165) is 0 Å². The number of ether oxygens (including phenoxy) is 1. The summed E-state index contributed by atoms with van der Waals surface area (Å²) in [5, 5.41) is 0. The second kappa shape index (κ2) is 4.28. The summed E-state index contributed by atoms with van der Waals surface area (Å²) in [4.78, 5) is 0. The van der Waals surface area contributed by atoms with Gasteiger partial charge in [-0.2, -0.15) is 26.3 Å². The Bertz CT molecular complexity index is 202. The average molecular weight is 240 g/mol. The van der Waals surface area contributed by atoms with E-state index in [0.29, 0.717) is 6.26 Å². The highest BCUT2D eigenvalue weighted by Gasteiger charge is 2.72. The monoisotopic (exact) mass is 240 g/mol. The fraction of sp³-hybridized carbons (Fsp3) is 0.714. The largest absolute Gasteiger partial charge is 0.502 e. The zero-order chi connectivity index (χ0) is 12.3. The van der Waals surface area contributed by atoms with Gasteiger partial charge in [-0.1, -0.05) is 6.58 Å². The smallest absolute Gasteiger partial charge is 0.431 e. The first kappa shape index (κ1) is 14.0. The van der Waals surface area contributed by atoms with E-state index >= 15 is 0 Å². The minimum atomic E-state index is -6.02. The van der Waals surface area contributed by atoms with Gasteiger partial charge in [0.15, 0.2) is 0 Å². The highest BCUT2D eigenvalue weighted by atomic mass is 19.4. The molecule has 0 rings (SSSR count). The van der Waals surface area contributed by atoms with E-state index in [-0.39, 0.29) is 0 Å². The first-order valence-corrected chi connectivity index (χ1v) is 3.61. The quantitative estimate of drug-likeness (QED) is 0.416.